The van der Waals surface area contributed by atoms with E-state index in [4.69, 9.17) is 5.11 Å². The Kier molecular flexibility index (Phi) is 2.80. The molecule has 0 unspecified atom stereocenters. The third kappa shape index (κ3) is 2.07. The number of carbonyl (C=O) groups is 1. The third-order valence-corrected chi connectivity index (χ3v) is 3.84. The van der Waals surface area contributed by atoms with Crippen molar-refractivity contribution < 1.29 is 19.6 Å². The van der Waals surface area contributed by atoms with E-state index >= 15 is 0 Å². The normalized spacial score (nSPS) is 10.9. The first-order chi connectivity index (χ1) is 9.97. The van der Waals surface area contributed by atoms with E-state index in [0.29, 0.717) is 4.70 Å². The summed E-state index contributed by atoms with van der Waals surface area (Å²) in [6.45, 7) is 0. The molecule has 2 heterocycles. The molecule has 0 aliphatic carbocycles. The Hall–Kier alpha value is -3.01. The summed E-state index contributed by atoms with van der Waals surface area (Å²) in [5, 5.41) is 19.5. The number of benzene rings is 1. The van der Waals surface area contributed by atoms with Gasteiger partial charge in [0.2, 0.25) is 0 Å². The molecule has 0 aliphatic heterocycles. The predicted molar refractivity (Wildman–Crippen MR) is 72.2 cm³/mol. The maximum Gasteiger partial charge on any atom is 0.511 e. The number of carboxylic acid groups (broad SMARTS) is 1. The lowest BCUT2D eigenvalue weighted by molar-refractivity contribution is -0.384. The minimum absolute atomic E-state index is 0.106. The van der Waals surface area contributed by atoms with Gasteiger partial charge in [-0.15, -0.1) is 11.3 Å². The summed E-state index contributed by atoms with van der Waals surface area (Å²) >= 11 is 1.08. The molecule has 0 spiro atoms. The van der Waals surface area contributed by atoms with Crippen LogP contribution < -0.4 is 10.4 Å². The molecule has 0 amide bonds. The van der Waals surface area contributed by atoms with E-state index in [9.17, 15) is 19.7 Å². The zero-order valence-corrected chi connectivity index (χ0v) is 10.9. The highest BCUT2D eigenvalue weighted by molar-refractivity contribution is 7.24. The van der Waals surface area contributed by atoms with Crippen LogP contribution in [0, 0.1) is 10.1 Å². The van der Waals surface area contributed by atoms with E-state index in [-0.39, 0.29) is 21.8 Å². The van der Waals surface area contributed by atoms with Crippen molar-refractivity contribution in [3.05, 3.63) is 45.0 Å². The fraction of sp³-hybridized carbons (Fsp3) is 0. The van der Waals surface area contributed by atoms with Crippen LogP contribution in [0.1, 0.15) is 0 Å². The molecule has 1 N–H and O–H groups in total. The van der Waals surface area contributed by atoms with Crippen LogP contribution in [0.2, 0.25) is 0 Å². The molecule has 0 atom stereocenters. The number of nitrogens with zero attached hydrogens (tertiary/aromatic N) is 3. The molecule has 106 valence electrons. The van der Waals surface area contributed by atoms with Crippen LogP contribution in [0.4, 0.5) is 10.5 Å². The van der Waals surface area contributed by atoms with Crippen LogP contribution in [0.3, 0.4) is 0 Å². The molecule has 3 aromatic rings. The molecular formula is C11H5N3O6S. The van der Waals surface area contributed by atoms with Crippen molar-refractivity contribution in [2.24, 2.45) is 0 Å². The van der Waals surface area contributed by atoms with Crippen molar-refractivity contribution in [1.82, 2.24) is 9.38 Å². The second kappa shape index (κ2) is 4.52. The largest absolute Gasteiger partial charge is 0.511 e. The fourth-order valence-electron chi connectivity index (χ4n) is 1.88. The number of ether oxygens (including phenoxy) is 1. The molecule has 0 saturated carbocycles. The van der Waals surface area contributed by atoms with E-state index in [1.165, 1.54) is 18.2 Å². The van der Waals surface area contributed by atoms with Crippen LogP contribution in [0.25, 0.3) is 15.0 Å². The minimum atomic E-state index is -1.54. The second-order valence-corrected chi connectivity index (χ2v) is 4.96. The van der Waals surface area contributed by atoms with Crippen molar-refractivity contribution in [3.63, 3.8) is 0 Å². The molecule has 0 radical (unpaired) electrons. The number of aromatic nitrogens is 2. The molecule has 3 rings (SSSR count). The molecular weight excluding hydrogens is 302 g/mol. The molecule has 0 aliphatic rings. The standard InChI is InChI=1S/C11H5N3O6S/c15-10-12-4-7(20-11(16)17)9-13(10)6-3-5(14(18)19)1-2-8(6)21-9/h1-4H,(H,16,17). The first-order valence-electron chi connectivity index (χ1n) is 5.47. The van der Waals surface area contributed by atoms with Crippen molar-refractivity contribution in [1.29, 1.82) is 0 Å². The Morgan fingerprint density at radius 2 is 2.24 bits per heavy atom. The van der Waals surface area contributed by atoms with Gasteiger partial charge in [0.15, 0.2) is 5.75 Å². The number of nitro benzene ring substituents is 1. The summed E-state index contributed by atoms with van der Waals surface area (Å²) in [7, 11) is 0. The fourth-order valence-corrected chi connectivity index (χ4v) is 2.94. The summed E-state index contributed by atoms with van der Waals surface area (Å²) in [6.07, 6.45) is -0.531. The molecule has 9 nitrogen and oxygen atoms in total. The monoisotopic (exact) mass is 307 g/mol. The van der Waals surface area contributed by atoms with E-state index in [1.54, 1.807) is 0 Å². The lowest BCUT2D eigenvalue weighted by Gasteiger charge is -2.00. The van der Waals surface area contributed by atoms with Gasteiger partial charge in [-0.2, -0.15) is 4.98 Å². The van der Waals surface area contributed by atoms with Gasteiger partial charge in [0.25, 0.3) is 5.69 Å². The molecule has 10 heteroatoms. The Labute approximate surface area is 118 Å². The molecule has 1 aromatic carbocycles. The number of hydrogen-bond acceptors (Lipinski definition) is 7. The van der Waals surface area contributed by atoms with Crippen molar-refractivity contribution >= 4 is 38.2 Å². The Balaban J connectivity index is 2.40. The highest BCUT2D eigenvalue weighted by Gasteiger charge is 2.17. The molecule has 0 saturated heterocycles. The van der Waals surface area contributed by atoms with Crippen molar-refractivity contribution in [2.45, 2.75) is 0 Å². The lowest BCUT2D eigenvalue weighted by Crippen LogP contribution is -2.16. The maximum absolute atomic E-state index is 11.9. The molecule has 0 bridgehead atoms. The van der Waals surface area contributed by atoms with Gasteiger partial charge in [-0.1, -0.05) is 0 Å². The van der Waals surface area contributed by atoms with E-state index in [0.717, 1.165) is 21.9 Å². The Morgan fingerprint density at radius 3 is 2.90 bits per heavy atom. The third-order valence-electron chi connectivity index (χ3n) is 2.70. The number of fused-ring (bicyclic) bond motifs is 3. The number of rotatable bonds is 2. The van der Waals surface area contributed by atoms with Crippen molar-refractivity contribution in [2.75, 3.05) is 0 Å². The van der Waals surface area contributed by atoms with Crippen LogP contribution in [0.5, 0.6) is 5.75 Å². The van der Waals surface area contributed by atoms with Gasteiger partial charge in [-0.3, -0.25) is 10.1 Å². The predicted octanol–water partition coefficient (Wildman–Crippen LogP) is 1.87. The van der Waals surface area contributed by atoms with Gasteiger partial charge >= 0.3 is 11.8 Å². The molecule has 2 aromatic heterocycles. The van der Waals surface area contributed by atoms with Gasteiger partial charge in [-0.05, 0) is 6.07 Å². The topological polar surface area (TPSA) is 124 Å². The summed E-state index contributed by atoms with van der Waals surface area (Å²) < 4.78 is 6.22. The lowest BCUT2D eigenvalue weighted by atomic mass is 10.3. The van der Waals surface area contributed by atoms with E-state index < -0.39 is 16.8 Å². The van der Waals surface area contributed by atoms with Crippen LogP contribution >= 0.6 is 11.3 Å². The smallest absolute Gasteiger partial charge is 0.449 e. The Morgan fingerprint density at radius 1 is 1.48 bits per heavy atom. The highest BCUT2D eigenvalue weighted by Crippen LogP contribution is 2.32. The zero-order chi connectivity index (χ0) is 15.1. The van der Waals surface area contributed by atoms with Crippen LogP contribution in [0.15, 0.2) is 29.2 Å². The number of hydrogen-bond donors (Lipinski definition) is 1. The number of non-ortho nitro benzene ring substituents is 1. The van der Waals surface area contributed by atoms with Crippen molar-refractivity contribution in [3.8, 4) is 5.75 Å². The quantitative estimate of drug-likeness (QED) is 0.435. The van der Waals surface area contributed by atoms with Crippen LogP contribution in [-0.2, 0) is 0 Å². The van der Waals surface area contributed by atoms with E-state index in [2.05, 4.69) is 9.72 Å². The zero-order valence-electron chi connectivity index (χ0n) is 10.0. The van der Waals surface area contributed by atoms with Gasteiger partial charge in [0.05, 0.1) is 21.3 Å². The summed E-state index contributed by atoms with van der Waals surface area (Å²) in [6, 6.07) is 4.01. The van der Waals surface area contributed by atoms with Gasteiger partial charge in [0.1, 0.15) is 4.83 Å². The average molecular weight is 307 g/mol. The van der Waals surface area contributed by atoms with Gasteiger partial charge in [-0.25, -0.2) is 14.0 Å². The molecule has 21 heavy (non-hydrogen) atoms. The Bertz CT molecular complexity index is 960. The maximum atomic E-state index is 11.9. The van der Waals surface area contributed by atoms with Gasteiger partial charge < -0.3 is 9.84 Å². The minimum Gasteiger partial charge on any atom is -0.449 e. The first-order valence-corrected chi connectivity index (χ1v) is 6.28. The molecule has 0 fully saturated rings. The summed E-state index contributed by atoms with van der Waals surface area (Å²) in [4.78, 5) is 36.4. The summed E-state index contributed by atoms with van der Waals surface area (Å²) in [5.41, 5.74) is -0.578. The second-order valence-electron chi connectivity index (χ2n) is 3.92. The average Bonchev–Trinajstić information content (AvgIpc) is 2.80. The SMILES string of the molecule is O=C(O)Oc1cnc(=O)n2c1sc1ccc([N+](=O)[O-])cc12. The van der Waals surface area contributed by atoms with Crippen LogP contribution in [-0.4, -0.2) is 25.6 Å². The first kappa shape index (κ1) is 13.0. The van der Waals surface area contributed by atoms with E-state index in [1.807, 2.05) is 0 Å². The highest BCUT2D eigenvalue weighted by atomic mass is 32.1. The van der Waals surface area contributed by atoms with Gasteiger partial charge in [0, 0.05) is 12.1 Å². The number of thiazole rings is 1. The number of nitro groups is 1. The summed E-state index contributed by atoms with van der Waals surface area (Å²) in [5.74, 6) is -0.106.